The summed E-state index contributed by atoms with van der Waals surface area (Å²) in [6.45, 7) is 1.84. The third-order valence-electron chi connectivity index (χ3n) is 2.69. The van der Waals surface area contributed by atoms with E-state index < -0.39 is 0 Å². The van der Waals surface area contributed by atoms with Crippen molar-refractivity contribution >= 4 is 58.0 Å². The molecule has 0 aliphatic carbocycles. The van der Waals surface area contributed by atoms with E-state index in [2.05, 4.69) is 0 Å². The topological polar surface area (TPSA) is 27.7 Å². The Morgan fingerprint density at radius 1 is 0.958 bits per heavy atom. The second kappa shape index (κ2) is 13.0. The lowest BCUT2D eigenvalue weighted by molar-refractivity contribution is 0.152. The number of ether oxygens (including phenoxy) is 3. The zero-order valence-electron chi connectivity index (χ0n) is 12.7. The maximum absolute atomic E-state index is 6.17. The van der Waals surface area contributed by atoms with Gasteiger partial charge in [-0.2, -0.15) is 0 Å². The average Bonchev–Trinajstić information content (AvgIpc) is 2.51. The van der Waals surface area contributed by atoms with E-state index in [1.54, 1.807) is 18.2 Å². The summed E-state index contributed by atoms with van der Waals surface area (Å²) in [5.41, 5.74) is 1.43. The Labute approximate surface area is 167 Å². The van der Waals surface area contributed by atoms with Crippen molar-refractivity contribution in [2.75, 3.05) is 26.4 Å². The van der Waals surface area contributed by atoms with Gasteiger partial charge in [-0.05, 0) is 25.0 Å². The van der Waals surface area contributed by atoms with Crippen LogP contribution in [0.5, 0.6) is 11.5 Å². The Bertz CT molecular complexity index is 534. The molecule has 0 saturated heterocycles. The van der Waals surface area contributed by atoms with Gasteiger partial charge in [-0.3, -0.25) is 0 Å². The van der Waals surface area contributed by atoms with Crippen LogP contribution in [-0.4, -0.2) is 26.4 Å². The molecule has 24 heavy (non-hydrogen) atoms. The predicted octanol–water partition coefficient (Wildman–Crippen LogP) is 6.62. The van der Waals surface area contributed by atoms with Crippen LogP contribution >= 0.6 is 58.0 Å². The molecule has 134 valence electrons. The molecule has 0 aliphatic rings. The Balaban J connectivity index is 2.39. The molecule has 1 aromatic carbocycles. The summed E-state index contributed by atoms with van der Waals surface area (Å²) in [5, 5.41) is 0.754. The molecule has 0 heterocycles. The van der Waals surface area contributed by atoms with Crippen molar-refractivity contribution in [3.8, 4) is 11.5 Å². The van der Waals surface area contributed by atoms with Crippen molar-refractivity contribution in [2.45, 2.75) is 12.8 Å². The minimum atomic E-state index is 0.134. The number of hydrogen-bond donors (Lipinski definition) is 0. The van der Waals surface area contributed by atoms with Crippen molar-refractivity contribution in [3.05, 3.63) is 44.4 Å². The summed E-state index contributed by atoms with van der Waals surface area (Å²) in [7, 11) is 0. The van der Waals surface area contributed by atoms with Crippen LogP contribution in [0.3, 0.4) is 0 Å². The van der Waals surface area contributed by atoms with E-state index in [4.69, 9.17) is 72.2 Å². The minimum Gasteiger partial charge on any atom is -0.490 e. The van der Waals surface area contributed by atoms with Crippen molar-refractivity contribution in [2.24, 2.45) is 0 Å². The van der Waals surface area contributed by atoms with E-state index in [0.717, 1.165) is 12.8 Å². The van der Waals surface area contributed by atoms with Crippen LogP contribution in [0.25, 0.3) is 0 Å². The van der Waals surface area contributed by atoms with E-state index in [1.165, 1.54) is 11.6 Å². The summed E-state index contributed by atoms with van der Waals surface area (Å²) in [6.07, 6.45) is 4.92. The van der Waals surface area contributed by atoms with Crippen molar-refractivity contribution in [1.29, 1.82) is 0 Å². The first-order valence-electron chi connectivity index (χ1n) is 7.13. The molecule has 0 fully saturated rings. The minimum absolute atomic E-state index is 0.134. The highest BCUT2D eigenvalue weighted by Gasteiger charge is 2.10. The molecule has 0 aromatic heterocycles. The monoisotopic (exact) mass is 432 g/mol. The van der Waals surface area contributed by atoms with Gasteiger partial charge in [-0.15, -0.1) is 0 Å². The van der Waals surface area contributed by atoms with Crippen molar-refractivity contribution < 1.29 is 14.2 Å². The van der Waals surface area contributed by atoms with E-state index in [1.807, 2.05) is 0 Å². The third-order valence-corrected chi connectivity index (χ3v) is 3.74. The molecule has 1 aromatic rings. The lowest BCUT2D eigenvalue weighted by atomic mass is 10.3. The molecule has 0 aliphatic heterocycles. The van der Waals surface area contributed by atoms with Crippen LogP contribution in [0.15, 0.2) is 34.3 Å². The van der Waals surface area contributed by atoms with Gasteiger partial charge in [0.05, 0.1) is 23.3 Å². The Morgan fingerprint density at radius 3 is 2.25 bits per heavy atom. The van der Waals surface area contributed by atoms with Gasteiger partial charge in [-0.1, -0.05) is 58.0 Å². The van der Waals surface area contributed by atoms with Gasteiger partial charge < -0.3 is 14.2 Å². The van der Waals surface area contributed by atoms with Crippen LogP contribution in [-0.2, 0) is 4.74 Å². The second-order valence-electron chi connectivity index (χ2n) is 4.51. The number of benzene rings is 1. The summed E-state index contributed by atoms with van der Waals surface area (Å²) in [4.78, 5) is 0. The Kier molecular flexibility index (Phi) is 11.8. The fraction of sp³-hybridized carbons (Fsp3) is 0.375. The molecule has 0 bridgehead atoms. The number of unbranched alkanes of at least 4 members (excludes halogenated alkanes) is 1. The fourth-order valence-corrected chi connectivity index (χ4v) is 2.40. The van der Waals surface area contributed by atoms with E-state index in [-0.39, 0.29) is 11.1 Å². The zero-order valence-corrected chi connectivity index (χ0v) is 16.5. The summed E-state index contributed by atoms with van der Waals surface area (Å²) >= 11 is 28.7. The van der Waals surface area contributed by atoms with Crippen LogP contribution in [0.4, 0.5) is 0 Å². The van der Waals surface area contributed by atoms with Gasteiger partial charge in [0.15, 0.2) is 5.75 Å². The van der Waals surface area contributed by atoms with E-state index in [0.29, 0.717) is 41.4 Å². The molecule has 0 unspecified atom stereocenters. The SMILES string of the molecule is ClC=CCOCCCCOc1c(Cl)cc(OCC=C(Cl)Cl)cc1Cl. The van der Waals surface area contributed by atoms with Crippen LogP contribution in [0.2, 0.25) is 10.0 Å². The van der Waals surface area contributed by atoms with Crippen LogP contribution in [0, 0.1) is 0 Å². The molecule has 0 atom stereocenters. The second-order valence-corrected chi connectivity index (χ2v) is 6.59. The molecule has 0 radical (unpaired) electrons. The molecule has 0 N–H and O–H groups in total. The molecular weight excluding hydrogens is 417 g/mol. The van der Waals surface area contributed by atoms with Gasteiger partial charge in [0, 0.05) is 24.3 Å². The standard InChI is InChI=1S/C16H17Cl5O3/c17-5-3-7-22-6-1-2-8-24-16-13(18)10-12(11-14(16)19)23-9-4-15(20)21/h3-5,10-11H,1-2,6-9H2. The number of halogens is 5. The normalized spacial score (nSPS) is 10.9. The first kappa shape index (κ1) is 21.8. The first-order chi connectivity index (χ1) is 11.5. The molecule has 3 nitrogen and oxygen atoms in total. The lowest BCUT2D eigenvalue weighted by Crippen LogP contribution is -2.02. The Hall–Kier alpha value is -0.290. The van der Waals surface area contributed by atoms with Crippen LogP contribution in [0.1, 0.15) is 12.8 Å². The third kappa shape index (κ3) is 9.26. The summed E-state index contributed by atoms with van der Waals surface area (Å²) in [5.74, 6) is 0.937. The van der Waals surface area contributed by atoms with E-state index in [9.17, 15) is 0 Å². The van der Waals surface area contributed by atoms with Gasteiger partial charge in [0.1, 0.15) is 16.8 Å². The predicted molar refractivity (Wildman–Crippen MR) is 102 cm³/mol. The fourth-order valence-electron chi connectivity index (χ4n) is 1.63. The van der Waals surface area contributed by atoms with Crippen molar-refractivity contribution in [3.63, 3.8) is 0 Å². The van der Waals surface area contributed by atoms with E-state index >= 15 is 0 Å². The molecule has 8 heteroatoms. The molecule has 0 spiro atoms. The number of rotatable bonds is 11. The maximum Gasteiger partial charge on any atom is 0.156 e. The number of hydrogen-bond acceptors (Lipinski definition) is 3. The highest BCUT2D eigenvalue weighted by atomic mass is 35.5. The summed E-state index contributed by atoms with van der Waals surface area (Å²) in [6, 6.07) is 3.25. The highest BCUT2D eigenvalue weighted by Crippen LogP contribution is 2.37. The summed E-state index contributed by atoms with van der Waals surface area (Å²) < 4.78 is 16.5. The molecular formula is C16H17Cl5O3. The Morgan fingerprint density at radius 2 is 1.62 bits per heavy atom. The highest BCUT2D eigenvalue weighted by molar-refractivity contribution is 6.55. The first-order valence-corrected chi connectivity index (χ1v) is 9.08. The average molecular weight is 435 g/mol. The lowest BCUT2D eigenvalue weighted by Gasteiger charge is -2.12. The van der Waals surface area contributed by atoms with Crippen molar-refractivity contribution in [1.82, 2.24) is 0 Å². The van der Waals surface area contributed by atoms with Gasteiger partial charge >= 0.3 is 0 Å². The van der Waals surface area contributed by atoms with Gasteiger partial charge in [-0.25, -0.2) is 0 Å². The maximum atomic E-state index is 6.17. The quantitative estimate of drug-likeness (QED) is 0.366. The molecule has 1 rings (SSSR count). The zero-order chi connectivity index (χ0) is 17.8. The van der Waals surface area contributed by atoms with Crippen LogP contribution < -0.4 is 9.47 Å². The van der Waals surface area contributed by atoms with Gasteiger partial charge in [0.25, 0.3) is 0 Å². The molecule has 0 amide bonds. The smallest absolute Gasteiger partial charge is 0.156 e. The molecule has 0 saturated carbocycles. The van der Waals surface area contributed by atoms with Gasteiger partial charge in [0.2, 0.25) is 0 Å². The largest absolute Gasteiger partial charge is 0.490 e.